The molecule has 0 N–H and O–H groups in total. The maximum Gasteiger partial charge on any atom is 0.208 e. The Bertz CT molecular complexity index is 2740. The number of nitriles is 1. The lowest BCUT2D eigenvalue weighted by Crippen LogP contribution is -2.02. The molecule has 0 fully saturated rings. The fourth-order valence-corrected chi connectivity index (χ4v) is 7.12. The van der Waals surface area contributed by atoms with E-state index in [2.05, 4.69) is 141 Å². The third-order valence-corrected chi connectivity index (χ3v) is 8.94. The van der Waals surface area contributed by atoms with E-state index in [0.29, 0.717) is 16.9 Å². The summed E-state index contributed by atoms with van der Waals surface area (Å²) in [6.45, 7) is 8.16. The van der Waals surface area contributed by atoms with Gasteiger partial charge in [-0.05, 0) is 57.9 Å². The topological polar surface area (TPSA) is 38.0 Å². The van der Waals surface area contributed by atoms with Crippen molar-refractivity contribution >= 4 is 70.8 Å². The van der Waals surface area contributed by atoms with Gasteiger partial charge < -0.3 is 9.13 Å². The number of hydrogen-bond acceptors (Lipinski definition) is 1. The van der Waals surface area contributed by atoms with Crippen LogP contribution in [0.4, 0.5) is 5.69 Å². The molecule has 44 heavy (non-hydrogen) atoms. The van der Waals surface area contributed by atoms with Gasteiger partial charge in [0.15, 0.2) is 0 Å². The summed E-state index contributed by atoms with van der Waals surface area (Å²) >= 11 is 0. The third kappa shape index (κ3) is 3.20. The van der Waals surface area contributed by atoms with E-state index in [1.54, 1.807) is 0 Å². The molecular formula is C40H22N4. The average molecular weight is 559 g/mol. The minimum atomic E-state index is 0.332. The Hall–Kier alpha value is -6.36. The quantitative estimate of drug-likeness (QED) is 0.195. The zero-order chi connectivity index (χ0) is 29.4. The van der Waals surface area contributed by atoms with E-state index >= 15 is 0 Å². The van der Waals surface area contributed by atoms with Crippen molar-refractivity contribution in [1.82, 2.24) is 9.13 Å². The second kappa shape index (κ2) is 9.07. The van der Waals surface area contributed by atoms with Gasteiger partial charge in [-0.3, -0.25) is 0 Å². The Balaban J connectivity index is 1.45. The van der Waals surface area contributed by atoms with Crippen LogP contribution in [0.1, 0.15) is 5.56 Å². The van der Waals surface area contributed by atoms with Gasteiger partial charge in [0.05, 0.1) is 46.0 Å². The van der Waals surface area contributed by atoms with Gasteiger partial charge in [-0.1, -0.05) is 97.1 Å². The number of rotatable bonds is 2. The van der Waals surface area contributed by atoms with E-state index < -0.39 is 0 Å². The Kier molecular flexibility index (Phi) is 5.00. The van der Waals surface area contributed by atoms with Crippen LogP contribution in [0.2, 0.25) is 0 Å². The lowest BCUT2D eigenvalue weighted by Gasteiger charge is -2.16. The molecule has 0 radical (unpaired) electrons. The van der Waals surface area contributed by atoms with Gasteiger partial charge in [0.25, 0.3) is 0 Å². The van der Waals surface area contributed by atoms with Crippen LogP contribution in [0.5, 0.6) is 0 Å². The lowest BCUT2D eigenvalue weighted by atomic mass is 10.0. The molecule has 4 heteroatoms. The van der Waals surface area contributed by atoms with Gasteiger partial charge in [0.2, 0.25) is 5.69 Å². The fraction of sp³-hybridized carbons (Fsp3) is 0. The van der Waals surface area contributed by atoms with Crippen LogP contribution in [-0.2, 0) is 0 Å². The van der Waals surface area contributed by atoms with Crippen LogP contribution in [0, 0.1) is 17.9 Å². The number of para-hydroxylation sites is 2. The highest BCUT2D eigenvalue weighted by Gasteiger charge is 2.22. The van der Waals surface area contributed by atoms with Crippen LogP contribution >= 0.6 is 0 Å². The van der Waals surface area contributed by atoms with Crippen molar-refractivity contribution in [3.05, 3.63) is 150 Å². The summed E-state index contributed by atoms with van der Waals surface area (Å²) in [7, 11) is 0. The van der Waals surface area contributed by atoms with Gasteiger partial charge >= 0.3 is 0 Å². The Morgan fingerprint density at radius 1 is 0.523 bits per heavy atom. The summed E-state index contributed by atoms with van der Waals surface area (Å²) in [5.41, 5.74) is 6.36. The number of fused-ring (bicyclic) bond motifs is 10. The molecule has 2 heterocycles. The molecule has 9 aromatic rings. The Morgan fingerprint density at radius 2 is 1.02 bits per heavy atom. The van der Waals surface area contributed by atoms with E-state index in [9.17, 15) is 5.26 Å². The first kappa shape index (κ1) is 24.3. The molecule has 0 atom stereocenters. The predicted molar refractivity (Wildman–Crippen MR) is 181 cm³/mol. The first-order chi connectivity index (χ1) is 21.8. The molecule has 7 aromatic carbocycles. The first-order valence-corrected chi connectivity index (χ1v) is 14.5. The van der Waals surface area contributed by atoms with Crippen LogP contribution in [-0.4, -0.2) is 9.13 Å². The van der Waals surface area contributed by atoms with Crippen LogP contribution in [0.15, 0.2) is 133 Å². The molecule has 0 aliphatic heterocycles. The zero-order valence-electron chi connectivity index (χ0n) is 23.5. The maximum atomic E-state index is 10.5. The minimum absolute atomic E-state index is 0.332. The van der Waals surface area contributed by atoms with Gasteiger partial charge in [-0.15, -0.1) is 0 Å². The second-order valence-corrected chi connectivity index (χ2v) is 11.1. The summed E-state index contributed by atoms with van der Waals surface area (Å²) in [5, 5.41) is 19.8. The number of nitrogens with zero attached hydrogens (tertiary/aromatic N) is 4. The molecule has 0 unspecified atom stereocenters. The summed E-state index contributed by atoms with van der Waals surface area (Å²) < 4.78 is 4.40. The molecule has 2 aromatic heterocycles. The lowest BCUT2D eigenvalue weighted by molar-refractivity contribution is 1.13. The van der Waals surface area contributed by atoms with Gasteiger partial charge in [-0.2, -0.15) is 5.26 Å². The number of benzene rings is 7. The Morgan fingerprint density at radius 3 is 1.59 bits per heavy atom. The van der Waals surface area contributed by atoms with E-state index in [0.717, 1.165) is 54.7 Å². The van der Waals surface area contributed by atoms with Gasteiger partial charge in [0.1, 0.15) is 0 Å². The van der Waals surface area contributed by atoms with Gasteiger partial charge in [0, 0.05) is 27.2 Å². The maximum absolute atomic E-state index is 10.5. The molecule has 9 rings (SSSR count). The molecule has 0 aliphatic rings. The predicted octanol–water partition coefficient (Wildman–Crippen LogP) is 10.6. The van der Waals surface area contributed by atoms with Crippen molar-refractivity contribution < 1.29 is 0 Å². The zero-order valence-corrected chi connectivity index (χ0v) is 23.5. The van der Waals surface area contributed by atoms with Crippen molar-refractivity contribution in [2.24, 2.45) is 0 Å². The van der Waals surface area contributed by atoms with Crippen molar-refractivity contribution in [2.45, 2.75) is 0 Å². The molecule has 0 bridgehead atoms. The highest BCUT2D eigenvalue weighted by atomic mass is 15.0. The molecule has 0 saturated carbocycles. The largest absolute Gasteiger partial charge is 0.310 e. The van der Waals surface area contributed by atoms with Crippen LogP contribution in [0.25, 0.3) is 81.4 Å². The molecular weight excluding hydrogens is 536 g/mol. The van der Waals surface area contributed by atoms with Crippen molar-refractivity contribution in [2.75, 3.05) is 0 Å². The molecule has 0 amide bonds. The second-order valence-electron chi connectivity index (χ2n) is 11.1. The minimum Gasteiger partial charge on any atom is -0.310 e. The van der Waals surface area contributed by atoms with E-state index in [-0.39, 0.29) is 0 Å². The van der Waals surface area contributed by atoms with Crippen molar-refractivity contribution in [3.8, 4) is 17.4 Å². The number of hydrogen-bond donors (Lipinski definition) is 0. The first-order valence-electron chi connectivity index (χ1n) is 14.5. The molecule has 0 spiro atoms. The summed E-state index contributed by atoms with van der Waals surface area (Å²) in [5.74, 6) is 0. The highest BCUT2D eigenvalue weighted by molar-refractivity contribution is 6.22. The smallest absolute Gasteiger partial charge is 0.208 e. The molecule has 0 aliphatic carbocycles. The standard InChI is InChI=1S/C40H22N4/c1-42-33-22-27(43-34-16-8-6-14-30(34)39-28-12-4-2-10-25(28)18-20-36(39)43)23-38(32(33)24-41)44-35-17-9-7-15-31(35)40-29-13-5-3-11-26(29)19-21-37(40)44/h2-23H. The summed E-state index contributed by atoms with van der Waals surface area (Å²) in [6.07, 6.45) is 0. The van der Waals surface area contributed by atoms with E-state index in [1.807, 2.05) is 12.1 Å². The normalized spacial score (nSPS) is 11.6. The van der Waals surface area contributed by atoms with Crippen molar-refractivity contribution in [1.29, 1.82) is 5.26 Å². The summed E-state index contributed by atoms with van der Waals surface area (Å²) in [4.78, 5) is 3.90. The highest BCUT2D eigenvalue weighted by Crippen LogP contribution is 2.42. The molecule has 202 valence electrons. The number of aromatic nitrogens is 2. The SMILES string of the molecule is [C-]#[N+]c1cc(-n2c3ccccc3c3c4ccccc4ccc32)cc(-n2c3ccccc3c3c4ccccc4ccc32)c1C#N. The monoisotopic (exact) mass is 558 g/mol. The average Bonchev–Trinajstić information content (AvgIpc) is 3.61. The fourth-order valence-electron chi connectivity index (χ4n) is 7.12. The van der Waals surface area contributed by atoms with Crippen LogP contribution in [0.3, 0.4) is 0 Å². The third-order valence-electron chi connectivity index (χ3n) is 8.94. The van der Waals surface area contributed by atoms with E-state index in [4.69, 9.17) is 6.57 Å². The summed E-state index contributed by atoms with van der Waals surface area (Å²) in [6, 6.07) is 48.6. The van der Waals surface area contributed by atoms with E-state index in [1.165, 1.54) is 16.2 Å². The van der Waals surface area contributed by atoms with Gasteiger partial charge in [-0.25, -0.2) is 4.85 Å². The van der Waals surface area contributed by atoms with Crippen LogP contribution < -0.4 is 0 Å². The Labute approximate surface area is 252 Å². The molecule has 4 nitrogen and oxygen atoms in total. The van der Waals surface area contributed by atoms with Crippen molar-refractivity contribution in [3.63, 3.8) is 0 Å². The molecule has 0 saturated heterocycles.